The molecule has 0 saturated carbocycles. The van der Waals surface area contributed by atoms with Crippen molar-refractivity contribution in [2.24, 2.45) is 0 Å². The topological polar surface area (TPSA) is 47.5 Å². The van der Waals surface area contributed by atoms with Crippen molar-refractivity contribution >= 4 is 32.8 Å². The molecular weight excluding hydrogens is 329 g/mol. The SMILES string of the molecule is Fc1cc(Br)c2nc3c(nc2c1)OC[C@@H]1COCCN31. The zero-order chi connectivity index (χ0) is 13.7. The Morgan fingerprint density at radius 2 is 2.20 bits per heavy atom. The van der Waals surface area contributed by atoms with Gasteiger partial charge in [0, 0.05) is 17.1 Å². The minimum absolute atomic E-state index is 0.169. The Kier molecular flexibility index (Phi) is 2.78. The first-order chi connectivity index (χ1) is 9.72. The summed E-state index contributed by atoms with van der Waals surface area (Å²) in [5, 5.41) is 0. The van der Waals surface area contributed by atoms with Crippen LogP contribution in [0.4, 0.5) is 10.2 Å². The molecule has 2 aliphatic rings. The number of aromatic nitrogens is 2. The van der Waals surface area contributed by atoms with E-state index in [1.54, 1.807) is 0 Å². The van der Waals surface area contributed by atoms with E-state index >= 15 is 0 Å². The molecule has 0 unspecified atom stereocenters. The number of halogens is 2. The number of fused-ring (bicyclic) bond motifs is 4. The Labute approximate surface area is 122 Å². The maximum atomic E-state index is 13.4. The summed E-state index contributed by atoms with van der Waals surface area (Å²) >= 11 is 3.34. The van der Waals surface area contributed by atoms with Gasteiger partial charge in [-0.25, -0.2) is 14.4 Å². The van der Waals surface area contributed by atoms with Gasteiger partial charge in [-0.1, -0.05) is 0 Å². The van der Waals surface area contributed by atoms with Crippen LogP contribution in [0.3, 0.4) is 0 Å². The lowest BCUT2D eigenvalue weighted by Gasteiger charge is -2.39. The minimum Gasteiger partial charge on any atom is -0.473 e. The molecule has 7 heteroatoms. The Bertz CT molecular complexity index is 697. The molecule has 0 aliphatic carbocycles. The van der Waals surface area contributed by atoms with Crippen LogP contribution in [0.2, 0.25) is 0 Å². The van der Waals surface area contributed by atoms with Gasteiger partial charge in [0.05, 0.1) is 24.8 Å². The van der Waals surface area contributed by atoms with Gasteiger partial charge in [0.2, 0.25) is 0 Å². The Morgan fingerprint density at radius 3 is 3.10 bits per heavy atom. The van der Waals surface area contributed by atoms with Gasteiger partial charge in [-0.15, -0.1) is 0 Å². The van der Waals surface area contributed by atoms with Crippen LogP contribution < -0.4 is 9.64 Å². The van der Waals surface area contributed by atoms with Crippen molar-refractivity contribution in [1.29, 1.82) is 0 Å². The number of ether oxygens (including phenoxy) is 2. The number of nitrogens with zero attached hydrogens (tertiary/aromatic N) is 3. The van der Waals surface area contributed by atoms with Crippen molar-refractivity contribution in [3.05, 3.63) is 22.4 Å². The molecule has 104 valence electrons. The molecule has 20 heavy (non-hydrogen) atoms. The summed E-state index contributed by atoms with van der Waals surface area (Å²) in [5.74, 6) is 0.830. The predicted octanol–water partition coefficient (Wildman–Crippen LogP) is 2.13. The smallest absolute Gasteiger partial charge is 0.258 e. The van der Waals surface area contributed by atoms with Gasteiger partial charge < -0.3 is 14.4 Å². The molecule has 1 aromatic carbocycles. The van der Waals surface area contributed by atoms with Crippen LogP contribution in [-0.4, -0.2) is 42.4 Å². The number of rotatable bonds is 0. The summed E-state index contributed by atoms with van der Waals surface area (Å²) in [4.78, 5) is 11.2. The molecular formula is C13H11BrFN3O2. The summed E-state index contributed by atoms with van der Waals surface area (Å²) in [6, 6.07) is 2.92. The number of hydrogen-bond donors (Lipinski definition) is 0. The van der Waals surface area contributed by atoms with Gasteiger partial charge in [0.1, 0.15) is 17.9 Å². The first-order valence-electron chi connectivity index (χ1n) is 6.36. The summed E-state index contributed by atoms with van der Waals surface area (Å²) in [6.07, 6.45) is 0. The number of morpholine rings is 1. The number of anilines is 1. The third-order valence-electron chi connectivity index (χ3n) is 3.55. The third kappa shape index (κ3) is 1.84. The van der Waals surface area contributed by atoms with Gasteiger partial charge in [-0.2, -0.15) is 0 Å². The predicted molar refractivity (Wildman–Crippen MR) is 74.6 cm³/mol. The quantitative estimate of drug-likeness (QED) is 0.735. The molecule has 1 aromatic heterocycles. The van der Waals surface area contributed by atoms with E-state index < -0.39 is 0 Å². The highest BCUT2D eigenvalue weighted by Gasteiger charge is 2.33. The molecule has 0 radical (unpaired) electrons. The minimum atomic E-state index is -0.348. The van der Waals surface area contributed by atoms with Gasteiger partial charge in [0.25, 0.3) is 5.88 Å². The molecule has 0 amide bonds. The molecule has 0 bridgehead atoms. The lowest BCUT2D eigenvalue weighted by atomic mass is 10.2. The zero-order valence-corrected chi connectivity index (χ0v) is 12.1. The second-order valence-electron chi connectivity index (χ2n) is 4.84. The molecule has 1 fully saturated rings. The van der Waals surface area contributed by atoms with Crippen molar-refractivity contribution in [2.45, 2.75) is 6.04 Å². The molecule has 1 atom stereocenters. The second kappa shape index (κ2) is 4.53. The Hall–Kier alpha value is -1.47. The van der Waals surface area contributed by atoms with Crippen LogP contribution >= 0.6 is 15.9 Å². The maximum absolute atomic E-state index is 13.4. The highest BCUT2D eigenvalue weighted by Crippen LogP contribution is 2.35. The first-order valence-corrected chi connectivity index (χ1v) is 7.15. The van der Waals surface area contributed by atoms with E-state index in [1.165, 1.54) is 12.1 Å². The Balaban J connectivity index is 1.91. The highest BCUT2D eigenvalue weighted by atomic mass is 79.9. The lowest BCUT2D eigenvalue weighted by Crippen LogP contribution is -2.51. The molecule has 2 aromatic rings. The summed E-state index contributed by atoms with van der Waals surface area (Å²) < 4.78 is 25.1. The van der Waals surface area contributed by atoms with Crippen molar-refractivity contribution < 1.29 is 13.9 Å². The average Bonchev–Trinajstić information content (AvgIpc) is 2.45. The fraction of sp³-hybridized carbons (Fsp3) is 0.385. The van der Waals surface area contributed by atoms with E-state index in [-0.39, 0.29) is 11.9 Å². The van der Waals surface area contributed by atoms with Gasteiger partial charge in [0.15, 0.2) is 5.82 Å². The fourth-order valence-corrected chi connectivity index (χ4v) is 3.10. The largest absolute Gasteiger partial charge is 0.473 e. The van der Waals surface area contributed by atoms with E-state index in [9.17, 15) is 4.39 Å². The van der Waals surface area contributed by atoms with Crippen molar-refractivity contribution in [3.63, 3.8) is 0 Å². The van der Waals surface area contributed by atoms with Crippen molar-refractivity contribution in [2.75, 3.05) is 31.3 Å². The van der Waals surface area contributed by atoms with Crippen LogP contribution in [-0.2, 0) is 4.74 Å². The maximum Gasteiger partial charge on any atom is 0.258 e. The van der Waals surface area contributed by atoms with E-state index in [2.05, 4.69) is 30.8 Å². The summed E-state index contributed by atoms with van der Waals surface area (Å²) in [6.45, 7) is 2.58. The number of hydrogen-bond acceptors (Lipinski definition) is 5. The summed E-state index contributed by atoms with van der Waals surface area (Å²) in [7, 11) is 0. The molecule has 5 nitrogen and oxygen atoms in total. The molecule has 0 spiro atoms. The van der Waals surface area contributed by atoms with Gasteiger partial charge in [-0.3, -0.25) is 0 Å². The van der Waals surface area contributed by atoms with E-state index in [0.29, 0.717) is 47.0 Å². The fourth-order valence-electron chi connectivity index (χ4n) is 2.59. The molecule has 4 rings (SSSR count). The van der Waals surface area contributed by atoms with Crippen molar-refractivity contribution in [1.82, 2.24) is 9.97 Å². The van der Waals surface area contributed by atoms with Crippen LogP contribution in [0.5, 0.6) is 5.88 Å². The zero-order valence-electron chi connectivity index (χ0n) is 10.5. The highest BCUT2D eigenvalue weighted by molar-refractivity contribution is 9.10. The summed E-state index contributed by atoms with van der Waals surface area (Å²) in [5.41, 5.74) is 1.13. The number of benzene rings is 1. The molecule has 2 aliphatic heterocycles. The van der Waals surface area contributed by atoms with E-state index in [1.807, 2.05) is 0 Å². The van der Waals surface area contributed by atoms with Gasteiger partial charge >= 0.3 is 0 Å². The van der Waals surface area contributed by atoms with Crippen LogP contribution in [0.15, 0.2) is 16.6 Å². The Morgan fingerprint density at radius 1 is 1.30 bits per heavy atom. The van der Waals surface area contributed by atoms with Gasteiger partial charge in [-0.05, 0) is 22.0 Å². The monoisotopic (exact) mass is 339 g/mol. The van der Waals surface area contributed by atoms with Crippen LogP contribution in [0.25, 0.3) is 11.0 Å². The third-order valence-corrected chi connectivity index (χ3v) is 4.16. The lowest BCUT2D eigenvalue weighted by molar-refractivity contribution is 0.0686. The molecule has 3 heterocycles. The van der Waals surface area contributed by atoms with Crippen molar-refractivity contribution in [3.8, 4) is 5.88 Å². The average molecular weight is 340 g/mol. The van der Waals surface area contributed by atoms with E-state index in [4.69, 9.17) is 9.47 Å². The molecule has 0 N–H and O–H groups in total. The normalized spacial score (nSPS) is 21.3. The van der Waals surface area contributed by atoms with Crippen LogP contribution in [0.1, 0.15) is 0 Å². The standard InChI is InChI=1S/C13H11BrFN3O2/c14-9-3-7(15)4-10-11(9)17-12-13(16-10)20-6-8-5-19-2-1-18(8)12/h3-4,8H,1-2,5-6H2/t8-/m0/s1. The second-order valence-corrected chi connectivity index (χ2v) is 5.70. The molecule has 1 saturated heterocycles. The first kappa shape index (κ1) is 12.3. The van der Waals surface area contributed by atoms with E-state index in [0.717, 1.165) is 6.54 Å². The van der Waals surface area contributed by atoms with Crippen LogP contribution in [0, 0.1) is 5.82 Å².